The van der Waals surface area contributed by atoms with Crippen LogP contribution in [0.25, 0.3) is 0 Å². The summed E-state index contributed by atoms with van der Waals surface area (Å²) in [5.74, 6) is 0.808. The van der Waals surface area contributed by atoms with Crippen molar-refractivity contribution in [1.82, 2.24) is 0 Å². The van der Waals surface area contributed by atoms with Crippen molar-refractivity contribution in [2.45, 2.75) is 26.1 Å². The van der Waals surface area contributed by atoms with Crippen molar-refractivity contribution in [2.24, 2.45) is 0 Å². The van der Waals surface area contributed by atoms with Gasteiger partial charge in [0.25, 0.3) is 0 Å². The summed E-state index contributed by atoms with van der Waals surface area (Å²) >= 11 is 3.50. The van der Waals surface area contributed by atoms with Crippen molar-refractivity contribution in [3.8, 4) is 5.75 Å². The van der Waals surface area contributed by atoms with Crippen LogP contribution in [0.2, 0.25) is 0 Å². The van der Waals surface area contributed by atoms with Crippen LogP contribution >= 0.6 is 15.9 Å². The highest BCUT2D eigenvalue weighted by atomic mass is 79.9. The molecule has 19 heavy (non-hydrogen) atoms. The molecule has 100 valence electrons. The van der Waals surface area contributed by atoms with E-state index in [0.717, 1.165) is 27.8 Å². The summed E-state index contributed by atoms with van der Waals surface area (Å²) in [6.07, 6.45) is 0.328. The fraction of sp³-hybridized carbons (Fsp3) is 0.250. The molecule has 0 aliphatic rings. The normalized spacial score (nSPS) is 12.2. The lowest BCUT2D eigenvalue weighted by molar-refractivity contribution is 0.173. The van der Waals surface area contributed by atoms with Gasteiger partial charge < -0.3 is 9.84 Å². The molecule has 0 radical (unpaired) electrons. The number of ether oxygens (including phenoxy) is 1. The van der Waals surface area contributed by atoms with Crippen LogP contribution in [0.4, 0.5) is 0 Å². The summed E-state index contributed by atoms with van der Waals surface area (Å²) in [5.41, 5.74) is 2.04. The van der Waals surface area contributed by atoms with E-state index in [1.165, 1.54) is 0 Å². The van der Waals surface area contributed by atoms with Crippen molar-refractivity contribution < 1.29 is 9.84 Å². The molecule has 1 atom stereocenters. The summed E-state index contributed by atoms with van der Waals surface area (Å²) in [7, 11) is 0. The van der Waals surface area contributed by atoms with E-state index >= 15 is 0 Å². The van der Waals surface area contributed by atoms with Crippen LogP contribution in [-0.4, -0.2) is 5.11 Å². The van der Waals surface area contributed by atoms with Gasteiger partial charge >= 0.3 is 0 Å². The minimum Gasteiger partial charge on any atom is -0.489 e. The van der Waals surface area contributed by atoms with Gasteiger partial charge in [-0.05, 0) is 30.2 Å². The van der Waals surface area contributed by atoms with Crippen molar-refractivity contribution in [3.05, 3.63) is 64.1 Å². The monoisotopic (exact) mass is 320 g/mol. The highest BCUT2D eigenvalue weighted by Gasteiger charge is 2.05. The molecule has 0 spiro atoms. The molecule has 3 heteroatoms. The lowest BCUT2D eigenvalue weighted by Crippen LogP contribution is -1.98. The molecule has 0 heterocycles. The van der Waals surface area contributed by atoms with Crippen LogP contribution in [0.3, 0.4) is 0 Å². The van der Waals surface area contributed by atoms with Gasteiger partial charge in [0.05, 0.1) is 6.10 Å². The summed E-state index contributed by atoms with van der Waals surface area (Å²) in [5, 5.41) is 9.72. The lowest BCUT2D eigenvalue weighted by atomic mass is 10.1. The molecule has 0 amide bonds. The molecular weight excluding hydrogens is 304 g/mol. The second-order valence-corrected chi connectivity index (χ2v) is 5.23. The molecule has 0 aliphatic carbocycles. The number of hydrogen-bond donors (Lipinski definition) is 1. The Kier molecular flexibility index (Phi) is 5.00. The molecule has 1 unspecified atom stereocenters. The van der Waals surface area contributed by atoms with E-state index < -0.39 is 6.10 Å². The zero-order chi connectivity index (χ0) is 13.7. The van der Waals surface area contributed by atoms with Gasteiger partial charge in [0, 0.05) is 10.0 Å². The fourth-order valence-electron chi connectivity index (χ4n) is 1.80. The molecular formula is C16H17BrO2. The average molecular weight is 321 g/mol. The third-order valence-corrected chi connectivity index (χ3v) is 3.78. The topological polar surface area (TPSA) is 29.5 Å². The van der Waals surface area contributed by atoms with E-state index in [-0.39, 0.29) is 0 Å². The Morgan fingerprint density at radius 1 is 1.11 bits per heavy atom. The van der Waals surface area contributed by atoms with Gasteiger partial charge in [-0.25, -0.2) is 0 Å². The number of benzene rings is 2. The number of hydrogen-bond acceptors (Lipinski definition) is 2. The van der Waals surface area contributed by atoms with Crippen molar-refractivity contribution in [1.29, 1.82) is 0 Å². The van der Waals surface area contributed by atoms with Gasteiger partial charge in [-0.2, -0.15) is 0 Å². The first-order valence-electron chi connectivity index (χ1n) is 6.35. The van der Waals surface area contributed by atoms with E-state index in [1.807, 2.05) is 55.5 Å². The molecule has 0 fully saturated rings. The second-order valence-electron chi connectivity index (χ2n) is 4.37. The number of aliphatic hydroxyl groups excluding tert-OH is 1. The van der Waals surface area contributed by atoms with Crippen molar-refractivity contribution in [2.75, 3.05) is 0 Å². The Labute approximate surface area is 122 Å². The highest BCUT2D eigenvalue weighted by Crippen LogP contribution is 2.22. The minimum absolute atomic E-state index is 0.391. The van der Waals surface area contributed by atoms with Gasteiger partial charge in [-0.3, -0.25) is 0 Å². The Balaban J connectivity index is 1.99. The summed E-state index contributed by atoms with van der Waals surface area (Å²) in [6, 6.07) is 15.6. The van der Waals surface area contributed by atoms with Crippen LogP contribution < -0.4 is 4.74 Å². The number of halogens is 1. The molecule has 2 rings (SSSR count). The molecule has 0 aromatic heterocycles. The minimum atomic E-state index is -0.391. The maximum absolute atomic E-state index is 9.72. The first kappa shape index (κ1) is 14.1. The quantitative estimate of drug-likeness (QED) is 0.880. The average Bonchev–Trinajstić information content (AvgIpc) is 2.46. The van der Waals surface area contributed by atoms with Crippen LogP contribution in [0.5, 0.6) is 5.75 Å². The van der Waals surface area contributed by atoms with Crippen molar-refractivity contribution >= 4 is 15.9 Å². The summed E-state index contributed by atoms with van der Waals surface area (Å²) < 4.78 is 6.78. The Morgan fingerprint density at radius 3 is 2.42 bits per heavy atom. The van der Waals surface area contributed by atoms with E-state index in [9.17, 15) is 5.11 Å². The zero-order valence-electron chi connectivity index (χ0n) is 10.8. The second kappa shape index (κ2) is 6.73. The van der Waals surface area contributed by atoms with E-state index in [2.05, 4.69) is 15.9 Å². The summed E-state index contributed by atoms with van der Waals surface area (Å²) in [6.45, 7) is 2.49. The third-order valence-electron chi connectivity index (χ3n) is 3.00. The van der Waals surface area contributed by atoms with Gasteiger partial charge in [0.2, 0.25) is 0 Å². The molecule has 0 saturated heterocycles. The van der Waals surface area contributed by atoms with Crippen LogP contribution in [0, 0.1) is 0 Å². The van der Waals surface area contributed by atoms with E-state index in [1.54, 1.807) is 0 Å². The van der Waals surface area contributed by atoms with Gasteiger partial charge in [0.15, 0.2) is 0 Å². The van der Waals surface area contributed by atoms with Crippen LogP contribution in [-0.2, 0) is 6.61 Å². The Morgan fingerprint density at radius 2 is 1.79 bits per heavy atom. The maximum Gasteiger partial charge on any atom is 0.119 e. The largest absolute Gasteiger partial charge is 0.489 e. The molecule has 0 saturated carbocycles. The molecule has 0 aliphatic heterocycles. The fourth-order valence-corrected chi connectivity index (χ4v) is 2.20. The smallest absolute Gasteiger partial charge is 0.119 e. The SMILES string of the molecule is CCC(O)c1ccc(OCc2ccccc2Br)cc1. The van der Waals surface area contributed by atoms with Gasteiger partial charge in [-0.15, -0.1) is 0 Å². The van der Waals surface area contributed by atoms with Crippen molar-refractivity contribution in [3.63, 3.8) is 0 Å². The molecule has 2 nitrogen and oxygen atoms in total. The Hall–Kier alpha value is -1.32. The highest BCUT2D eigenvalue weighted by molar-refractivity contribution is 9.10. The predicted molar refractivity (Wildman–Crippen MR) is 80.2 cm³/mol. The maximum atomic E-state index is 9.72. The van der Waals surface area contributed by atoms with E-state index in [4.69, 9.17) is 4.74 Å². The molecule has 0 bridgehead atoms. The number of aliphatic hydroxyl groups is 1. The third kappa shape index (κ3) is 3.82. The molecule has 2 aromatic rings. The van der Waals surface area contributed by atoms with Gasteiger partial charge in [0.1, 0.15) is 12.4 Å². The molecule has 1 N–H and O–H groups in total. The summed E-state index contributed by atoms with van der Waals surface area (Å²) in [4.78, 5) is 0. The molecule has 2 aromatic carbocycles. The van der Waals surface area contributed by atoms with Crippen LogP contribution in [0.15, 0.2) is 53.0 Å². The number of rotatable bonds is 5. The predicted octanol–water partition coefficient (Wildman–Crippen LogP) is 4.47. The standard InChI is InChI=1S/C16H17BrO2/c1-2-16(18)12-7-9-14(10-8-12)19-11-13-5-3-4-6-15(13)17/h3-10,16,18H,2,11H2,1H3. The first-order valence-corrected chi connectivity index (χ1v) is 7.14. The van der Waals surface area contributed by atoms with Crippen LogP contribution in [0.1, 0.15) is 30.6 Å². The van der Waals surface area contributed by atoms with E-state index in [0.29, 0.717) is 6.61 Å². The van der Waals surface area contributed by atoms with Gasteiger partial charge in [-0.1, -0.05) is 53.2 Å². The Bertz CT molecular complexity index is 523. The lowest BCUT2D eigenvalue weighted by Gasteiger charge is -2.10. The first-order chi connectivity index (χ1) is 9.20. The zero-order valence-corrected chi connectivity index (χ0v) is 12.4.